The van der Waals surface area contributed by atoms with Crippen molar-refractivity contribution in [1.82, 2.24) is 15.0 Å². The maximum Gasteiger partial charge on any atom is 0.317 e. The molecule has 1 heterocycles. The van der Waals surface area contributed by atoms with Gasteiger partial charge in [0.2, 0.25) is 0 Å². The number of carbonyl (C=O) groups excluding carboxylic acids is 3. The molecule has 0 saturated carbocycles. The number of nitrogens with zero attached hydrogens (tertiary/aromatic N) is 3. The Balaban J connectivity index is 2.29. The minimum absolute atomic E-state index is 0.106. The molecule has 0 spiro atoms. The summed E-state index contributed by atoms with van der Waals surface area (Å²) < 4.78 is 10.4. The molecule has 1 aromatic carbocycles. The third-order valence-electron chi connectivity index (χ3n) is 3.31. The van der Waals surface area contributed by atoms with Crippen LogP contribution in [0.5, 0.6) is 0 Å². The van der Waals surface area contributed by atoms with Crippen LogP contribution in [-0.4, -0.2) is 46.9 Å². The number of methoxy groups -OCH3 is 2. The number of rotatable bonds is 6. The Bertz CT molecular complexity index is 821. The minimum atomic E-state index is -1.36. The Hall–Kier alpha value is -2.45. The standard InChI is InChI=1S/C15H13Cl2N3O5/c1-24-13(21)6-9(15(23)25-2)14(22)12-7-20(19-18-12)8-3-4-10(16)11(17)5-8/h3-5,7,9H,6H2,1-2H3. The fourth-order valence-electron chi connectivity index (χ4n) is 1.98. The van der Waals surface area contributed by atoms with Crippen molar-refractivity contribution in [3.63, 3.8) is 0 Å². The van der Waals surface area contributed by atoms with Gasteiger partial charge in [-0.2, -0.15) is 0 Å². The molecular formula is C15H13Cl2N3O5. The second kappa shape index (κ2) is 8.09. The molecular weight excluding hydrogens is 373 g/mol. The van der Waals surface area contributed by atoms with E-state index in [-0.39, 0.29) is 5.69 Å². The van der Waals surface area contributed by atoms with Crippen molar-refractivity contribution in [3.8, 4) is 5.69 Å². The van der Waals surface area contributed by atoms with Crippen molar-refractivity contribution < 1.29 is 23.9 Å². The highest BCUT2D eigenvalue weighted by Crippen LogP contribution is 2.24. The number of benzene rings is 1. The topological polar surface area (TPSA) is 100 Å². The Morgan fingerprint density at radius 1 is 1.16 bits per heavy atom. The van der Waals surface area contributed by atoms with Crippen LogP contribution < -0.4 is 0 Å². The van der Waals surface area contributed by atoms with Crippen molar-refractivity contribution in [2.24, 2.45) is 5.92 Å². The zero-order chi connectivity index (χ0) is 18.6. The summed E-state index contributed by atoms with van der Waals surface area (Å²) in [4.78, 5) is 35.7. The molecule has 1 aromatic heterocycles. The predicted molar refractivity (Wildman–Crippen MR) is 87.8 cm³/mol. The molecule has 0 aliphatic heterocycles. The summed E-state index contributed by atoms with van der Waals surface area (Å²) in [5, 5.41) is 8.24. The molecule has 25 heavy (non-hydrogen) atoms. The number of carbonyl (C=O) groups is 3. The van der Waals surface area contributed by atoms with Crippen LogP contribution in [0.3, 0.4) is 0 Å². The van der Waals surface area contributed by atoms with Gasteiger partial charge in [0.15, 0.2) is 5.78 Å². The van der Waals surface area contributed by atoms with Crippen molar-refractivity contribution in [1.29, 1.82) is 0 Å². The van der Waals surface area contributed by atoms with Gasteiger partial charge in [-0.1, -0.05) is 28.4 Å². The first-order chi connectivity index (χ1) is 11.9. The summed E-state index contributed by atoms with van der Waals surface area (Å²) in [5.41, 5.74) is 0.411. The average Bonchev–Trinajstić information content (AvgIpc) is 3.10. The highest BCUT2D eigenvalue weighted by Gasteiger charge is 2.33. The van der Waals surface area contributed by atoms with E-state index < -0.39 is 30.1 Å². The Kier molecular flexibility index (Phi) is 6.11. The van der Waals surface area contributed by atoms with E-state index in [1.165, 1.54) is 10.9 Å². The van der Waals surface area contributed by atoms with E-state index in [4.69, 9.17) is 23.2 Å². The van der Waals surface area contributed by atoms with Crippen molar-refractivity contribution in [2.45, 2.75) is 6.42 Å². The summed E-state index contributed by atoms with van der Waals surface area (Å²) in [6, 6.07) is 4.74. The van der Waals surface area contributed by atoms with Crippen LogP contribution in [0, 0.1) is 5.92 Å². The van der Waals surface area contributed by atoms with Gasteiger partial charge in [-0.05, 0) is 18.2 Å². The molecule has 0 N–H and O–H groups in total. The van der Waals surface area contributed by atoms with Gasteiger partial charge < -0.3 is 9.47 Å². The smallest absolute Gasteiger partial charge is 0.317 e. The first-order valence-corrected chi connectivity index (χ1v) is 7.69. The number of ketones is 1. The molecule has 2 rings (SSSR count). The van der Waals surface area contributed by atoms with E-state index >= 15 is 0 Å². The molecule has 0 aliphatic rings. The van der Waals surface area contributed by atoms with Crippen LogP contribution in [0.25, 0.3) is 5.69 Å². The largest absolute Gasteiger partial charge is 0.469 e. The lowest BCUT2D eigenvalue weighted by Crippen LogP contribution is -2.28. The van der Waals surface area contributed by atoms with Crippen LogP contribution >= 0.6 is 23.2 Å². The zero-order valence-electron chi connectivity index (χ0n) is 13.2. The molecule has 8 nitrogen and oxygen atoms in total. The SMILES string of the molecule is COC(=O)CC(C(=O)OC)C(=O)c1cn(-c2ccc(Cl)c(Cl)c2)nn1. The first kappa shape index (κ1) is 18.9. The number of aromatic nitrogens is 3. The summed E-state index contributed by atoms with van der Waals surface area (Å²) in [6.45, 7) is 0. The highest BCUT2D eigenvalue weighted by molar-refractivity contribution is 6.42. The molecule has 1 unspecified atom stereocenters. The Labute approximate surface area is 152 Å². The monoisotopic (exact) mass is 385 g/mol. The fourth-order valence-corrected chi connectivity index (χ4v) is 2.28. The molecule has 1 atom stereocenters. The number of halogens is 2. The van der Waals surface area contributed by atoms with Gasteiger partial charge in [0.25, 0.3) is 0 Å². The van der Waals surface area contributed by atoms with Gasteiger partial charge in [-0.3, -0.25) is 14.4 Å². The van der Waals surface area contributed by atoms with Crippen LogP contribution in [-0.2, 0) is 19.1 Å². The third kappa shape index (κ3) is 4.34. The first-order valence-electron chi connectivity index (χ1n) is 6.94. The van der Waals surface area contributed by atoms with Gasteiger partial charge in [-0.15, -0.1) is 5.10 Å². The maximum atomic E-state index is 12.5. The third-order valence-corrected chi connectivity index (χ3v) is 4.05. The lowest BCUT2D eigenvalue weighted by atomic mass is 9.98. The molecule has 0 radical (unpaired) electrons. The number of ether oxygens (including phenoxy) is 2. The summed E-state index contributed by atoms with van der Waals surface area (Å²) >= 11 is 11.8. The second-order valence-corrected chi connectivity index (χ2v) is 5.68. The van der Waals surface area contributed by atoms with Gasteiger partial charge in [0.05, 0.1) is 42.6 Å². The van der Waals surface area contributed by atoms with Crippen LogP contribution in [0.1, 0.15) is 16.9 Å². The number of hydrogen-bond donors (Lipinski definition) is 0. The van der Waals surface area contributed by atoms with Crippen LogP contribution in [0.2, 0.25) is 10.0 Å². The molecule has 132 valence electrons. The fraction of sp³-hybridized carbons (Fsp3) is 0.267. The number of esters is 2. The van der Waals surface area contributed by atoms with Crippen LogP contribution in [0.15, 0.2) is 24.4 Å². The predicted octanol–water partition coefficient (Wildman–Crippen LogP) is 2.11. The van der Waals surface area contributed by atoms with Gasteiger partial charge >= 0.3 is 11.9 Å². The van der Waals surface area contributed by atoms with E-state index in [1.807, 2.05) is 0 Å². The highest BCUT2D eigenvalue weighted by atomic mass is 35.5. The molecule has 0 bridgehead atoms. The van der Waals surface area contributed by atoms with E-state index in [9.17, 15) is 14.4 Å². The lowest BCUT2D eigenvalue weighted by Gasteiger charge is -2.10. The minimum Gasteiger partial charge on any atom is -0.469 e. The van der Waals surface area contributed by atoms with Gasteiger partial charge in [0.1, 0.15) is 11.6 Å². The number of hydrogen-bond acceptors (Lipinski definition) is 7. The molecule has 0 aliphatic carbocycles. The molecule has 2 aromatic rings. The van der Waals surface area contributed by atoms with Crippen molar-refractivity contribution in [2.75, 3.05) is 14.2 Å². The lowest BCUT2D eigenvalue weighted by molar-refractivity contribution is -0.150. The van der Waals surface area contributed by atoms with E-state index in [0.717, 1.165) is 14.2 Å². The molecule has 0 saturated heterocycles. The van der Waals surface area contributed by atoms with E-state index in [1.54, 1.807) is 18.2 Å². The second-order valence-electron chi connectivity index (χ2n) is 4.87. The van der Waals surface area contributed by atoms with E-state index in [2.05, 4.69) is 19.8 Å². The summed E-state index contributed by atoms with van der Waals surface area (Å²) in [5.74, 6) is -3.65. The molecule has 0 fully saturated rings. The zero-order valence-corrected chi connectivity index (χ0v) is 14.7. The van der Waals surface area contributed by atoms with Gasteiger partial charge in [-0.25, -0.2) is 4.68 Å². The Morgan fingerprint density at radius 3 is 2.48 bits per heavy atom. The summed E-state index contributed by atoms with van der Waals surface area (Å²) in [6.07, 6.45) is 0.858. The summed E-state index contributed by atoms with van der Waals surface area (Å²) in [7, 11) is 2.27. The maximum absolute atomic E-state index is 12.5. The van der Waals surface area contributed by atoms with E-state index in [0.29, 0.717) is 15.7 Å². The van der Waals surface area contributed by atoms with Crippen molar-refractivity contribution in [3.05, 3.63) is 40.1 Å². The molecule has 10 heteroatoms. The van der Waals surface area contributed by atoms with Crippen molar-refractivity contribution >= 4 is 40.9 Å². The quantitative estimate of drug-likeness (QED) is 0.426. The Morgan fingerprint density at radius 2 is 1.88 bits per heavy atom. The van der Waals surface area contributed by atoms with Crippen LogP contribution in [0.4, 0.5) is 0 Å². The normalized spacial score (nSPS) is 11.7. The van der Waals surface area contributed by atoms with Gasteiger partial charge in [0, 0.05) is 0 Å². The average molecular weight is 386 g/mol. The molecule has 0 amide bonds. The number of Topliss-reactive ketones (excluding diaryl/α,β-unsaturated/α-hetero) is 1.